The van der Waals surface area contributed by atoms with Crippen LogP contribution in [0.25, 0.3) is 0 Å². The van der Waals surface area contributed by atoms with E-state index < -0.39 is 0 Å². The molecule has 0 amide bonds. The van der Waals surface area contributed by atoms with Gasteiger partial charge in [-0.05, 0) is 24.8 Å². The van der Waals surface area contributed by atoms with Gasteiger partial charge < -0.3 is 5.73 Å². The van der Waals surface area contributed by atoms with Crippen LogP contribution in [-0.2, 0) is 7.05 Å². The number of rotatable bonds is 2. The molecule has 13 heavy (non-hydrogen) atoms. The van der Waals surface area contributed by atoms with Crippen LogP contribution in [-0.4, -0.2) is 9.78 Å². The topological polar surface area (TPSA) is 43.8 Å². The first-order valence-corrected chi connectivity index (χ1v) is 5.02. The fraction of sp³-hybridized carbons (Fsp3) is 0.700. The quantitative estimate of drug-likeness (QED) is 0.749. The Kier molecular flexibility index (Phi) is 2.36. The zero-order valence-electron chi connectivity index (χ0n) is 8.11. The smallest absolute Gasteiger partial charge is 0.0550 e. The SMILES string of the molecule is Cn1nccc1C(N)C1CCCC1. The largest absolute Gasteiger partial charge is 0.322 e. The molecule has 1 atom stereocenters. The summed E-state index contributed by atoms with van der Waals surface area (Å²) in [5.41, 5.74) is 7.36. The summed E-state index contributed by atoms with van der Waals surface area (Å²) in [6.07, 6.45) is 7.08. The zero-order valence-corrected chi connectivity index (χ0v) is 8.11. The van der Waals surface area contributed by atoms with Crippen LogP contribution >= 0.6 is 0 Å². The number of hydrogen-bond acceptors (Lipinski definition) is 2. The predicted octanol–water partition coefficient (Wildman–Crippen LogP) is 1.61. The molecule has 2 N–H and O–H groups in total. The van der Waals surface area contributed by atoms with Crippen molar-refractivity contribution >= 4 is 0 Å². The first kappa shape index (κ1) is 8.75. The molecular formula is C10H17N3. The molecule has 0 aromatic carbocycles. The Morgan fingerprint density at radius 1 is 1.54 bits per heavy atom. The lowest BCUT2D eigenvalue weighted by molar-refractivity contribution is 0.423. The maximum Gasteiger partial charge on any atom is 0.0550 e. The van der Waals surface area contributed by atoms with Gasteiger partial charge in [0.15, 0.2) is 0 Å². The van der Waals surface area contributed by atoms with Crippen LogP contribution in [0.4, 0.5) is 0 Å². The molecule has 2 rings (SSSR count). The van der Waals surface area contributed by atoms with Crippen LogP contribution in [0, 0.1) is 5.92 Å². The molecule has 1 heterocycles. The summed E-state index contributed by atoms with van der Waals surface area (Å²) in [5.74, 6) is 0.676. The summed E-state index contributed by atoms with van der Waals surface area (Å²) in [4.78, 5) is 0. The van der Waals surface area contributed by atoms with Gasteiger partial charge in [0, 0.05) is 19.3 Å². The van der Waals surface area contributed by atoms with Crippen molar-refractivity contribution in [2.75, 3.05) is 0 Å². The number of aryl methyl sites for hydroxylation is 1. The Morgan fingerprint density at radius 3 is 2.77 bits per heavy atom. The van der Waals surface area contributed by atoms with Gasteiger partial charge in [-0.2, -0.15) is 5.10 Å². The van der Waals surface area contributed by atoms with E-state index in [1.807, 2.05) is 24.0 Å². The van der Waals surface area contributed by atoms with E-state index >= 15 is 0 Å². The molecule has 3 nitrogen and oxygen atoms in total. The maximum atomic E-state index is 6.18. The second-order valence-corrected chi connectivity index (χ2v) is 3.95. The maximum absolute atomic E-state index is 6.18. The van der Waals surface area contributed by atoms with Gasteiger partial charge in [0.05, 0.1) is 5.69 Å². The highest BCUT2D eigenvalue weighted by molar-refractivity contribution is 5.07. The fourth-order valence-corrected chi connectivity index (χ4v) is 2.27. The second-order valence-electron chi connectivity index (χ2n) is 3.95. The lowest BCUT2D eigenvalue weighted by atomic mass is 9.96. The van der Waals surface area contributed by atoms with E-state index in [1.54, 1.807) is 0 Å². The van der Waals surface area contributed by atoms with Crippen LogP contribution in [0.15, 0.2) is 12.3 Å². The molecule has 0 spiro atoms. The zero-order chi connectivity index (χ0) is 9.26. The molecule has 3 heteroatoms. The third-order valence-corrected chi connectivity index (χ3v) is 3.11. The highest BCUT2D eigenvalue weighted by Crippen LogP contribution is 2.33. The van der Waals surface area contributed by atoms with Crippen LogP contribution in [0.3, 0.4) is 0 Å². The minimum atomic E-state index is 0.190. The molecule has 1 aliphatic rings. The van der Waals surface area contributed by atoms with Crippen molar-refractivity contribution in [2.24, 2.45) is 18.7 Å². The van der Waals surface area contributed by atoms with Gasteiger partial charge in [0.25, 0.3) is 0 Å². The predicted molar refractivity (Wildman–Crippen MR) is 52.1 cm³/mol. The van der Waals surface area contributed by atoms with Crippen LogP contribution in [0.1, 0.15) is 37.4 Å². The number of hydrogen-bond donors (Lipinski definition) is 1. The molecule has 1 aliphatic carbocycles. The third kappa shape index (κ3) is 1.61. The lowest BCUT2D eigenvalue weighted by Crippen LogP contribution is -2.21. The van der Waals surface area contributed by atoms with E-state index in [0.717, 1.165) is 0 Å². The van der Waals surface area contributed by atoms with Crippen molar-refractivity contribution in [3.05, 3.63) is 18.0 Å². The molecule has 1 aromatic rings. The minimum Gasteiger partial charge on any atom is -0.322 e. The van der Waals surface area contributed by atoms with E-state index in [4.69, 9.17) is 5.73 Å². The van der Waals surface area contributed by atoms with E-state index in [-0.39, 0.29) is 6.04 Å². The van der Waals surface area contributed by atoms with Crippen LogP contribution in [0.5, 0.6) is 0 Å². The summed E-state index contributed by atoms with van der Waals surface area (Å²) in [7, 11) is 1.96. The number of aromatic nitrogens is 2. The second kappa shape index (κ2) is 3.50. The average Bonchev–Trinajstić information content (AvgIpc) is 2.72. The molecule has 0 aliphatic heterocycles. The normalized spacial score (nSPS) is 20.8. The van der Waals surface area contributed by atoms with Crippen molar-refractivity contribution in [3.63, 3.8) is 0 Å². The Balaban J connectivity index is 2.12. The van der Waals surface area contributed by atoms with Gasteiger partial charge in [0.2, 0.25) is 0 Å². The van der Waals surface area contributed by atoms with Gasteiger partial charge >= 0.3 is 0 Å². The molecule has 0 saturated heterocycles. The molecule has 1 fully saturated rings. The lowest BCUT2D eigenvalue weighted by Gasteiger charge is -2.18. The number of nitrogens with zero attached hydrogens (tertiary/aromatic N) is 2. The van der Waals surface area contributed by atoms with E-state index in [1.165, 1.54) is 31.4 Å². The molecule has 0 bridgehead atoms. The fourth-order valence-electron chi connectivity index (χ4n) is 2.27. The molecule has 1 saturated carbocycles. The minimum absolute atomic E-state index is 0.190. The van der Waals surface area contributed by atoms with Gasteiger partial charge in [-0.15, -0.1) is 0 Å². The molecular weight excluding hydrogens is 162 g/mol. The number of nitrogens with two attached hydrogens (primary N) is 1. The molecule has 72 valence electrons. The van der Waals surface area contributed by atoms with Gasteiger partial charge in [-0.1, -0.05) is 12.8 Å². The van der Waals surface area contributed by atoms with Gasteiger partial charge in [0.1, 0.15) is 0 Å². The summed E-state index contributed by atoms with van der Waals surface area (Å²) in [6, 6.07) is 2.22. The van der Waals surface area contributed by atoms with Gasteiger partial charge in [-0.25, -0.2) is 0 Å². The van der Waals surface area contributed by atoms with Crippen LogP contribution in [0.2, 0.25) is 0 Å². The summed E-state index contributed by atoms with van der Waals surface area (Å²) in [6.45, 7) is 0. The highest BCUT2D eigenvalue weighted by Gasteiger charge is 2.24. The Labute approximate surface area is 78.9 Å². The van der Waals surface area contributed by atoms with Crippen molar-refractivity contribution < 1.29 is 0 Å². The first-order valence-electron chi connectivity index (χ1n) is 5.02. The van der Waals surface area contributed by atoms with Crippen molar-refractivity contribution in [1.82, 2.24) is 9.78 Å². The van der Waals surface area contributed by atoms with Crippen molar-refractivity contribution in [3.8, 4) is 0 Å². The Bertz CT molecular complexity index is 273. The summed E-state index contributed by atoms with van der Waals surface area (Å²) >= 11 is 0. The highest BCUT2D eigenvalue weighted by atomic mass is 15.3. The Hall–Kier alpha value is -0.830. The van der Waals surface area contributed by atoms with Crippen molar-refractivity contribution in [2.45, 2.75) is 31.7 Å². The average molecular weight is 179 g/mol. The van der Waals surface area contributed by atoms with E-state index in [0.29, 0.717) is 5.92 Å². The summed E-state index contributed by atoms with van der Waals surface area (Å²) < 4.78 is 1.89. The van der Waals surface area contributed by atoms with Gasteiger partial charge in [-0.3, -0.25) is 4.68 Å². The monoisotopic (exact) mass is 179 g/mol. The Morgan fingerprint density at radius 2 is 2.23 bits per heavy atom. The van der Waals surface area contributed by atoms with E-state index in [9.17, 15) is 0 Å². The van der Waals surface area contributed by atoms with Crippen molar-refractivity contribution in [1.29, 1.82) is 0 Å². The first-order chi connectivity index (χ1) is 6.29. The van der Waals surface area contributed by atoms with Crippen LogP contribution < -0.4 is 5.73 Å². The molecule has 1 unspecified atom stereocenters. The molecule has 0 radical (unpaired) electrons. The summed E-state index contributed by atoms with van der Waals surface area (Å²) in [5, 5.41) is 4.15. The molecule has 1 aromatic heterocycles. The van der Waals surface area contributed by atoms with E-state index in [2.05, 4.69) is 5.10 Å². The standard InChI is InChI=1S/C10H17N3/c1-13-9(6-7-12-13)10(11)8-4-2-3-5-8/h6-8,10H,2-5,11H2,1H3. The third-order valence-electron chi connectivity index (χ3n) is 3.11.